The lowest BCUT2D eigenvalue weighted by Gasteiger charge is -2.24. The van der Waals surface area contributed by atoms with E-state index in [2.05, 4.69) is 10.2 Å². The molecule has 1 aliphatic carbocycles. The quantitative estimate of drug-likeness (QED) is 0.762. The zero-order valence-corrected chi connectivity index (χ0v) is 15.1. The Labute approximate surface area is 150 Å². The smallest absolute Gasteiger partial charge is 0.227 e. The van der Waals surface area contributed by atoms with Gasteiger partial charge in [0.2, 0.25) is 5.91 Å². The van der Waals surface area contributed by atoms with Crippen molar-refractivity contribution in [1.82, 2.24) is 0 Å². The fourth-order valence-corrected chi connectivity index (χ4v) is 3.87. The first-order valence-electron chi connectivity index (χ1n) is 7.58. The Balaban J connectivity index is 1.66. The molecule has 122 valence electrons. The summed E-state index contributed by atoms with van der Waals surface area (Å²) in [5, 5.41) is 3.49. The zero-order chi connectivity index (χ0) is 16.4. The molecule has 1 aromatic heterocycles. The Kier molecular flexibility index (Phi) is 5.14. The number of rotatable bonds is 5. The predicted octanol–water partition coefficient (Wildman–Crippen LogP) is 5.43. The maximum absolute atomic E-state index is 12.0. The summed E-state index contributed by atoms with van der Waals surface area (Å²) in [5.41, 5.74) is 1.68. The first-order valence-corrected chi connectivity index (χ1v) is 9.16. The molecule has 0 saturated heterocycles. The highest BCUT2D eigenvalue weighted by Crippen LogP contribution is 2.32. The fourth-order valence-electron chi connectivity index (χ4n) is 2.51. The van der Waals surface area contributed by atoms with Gasteiger partial charge in [-0.25, -0.2) is 0 Å². The van der Waals surface area contributed by atoms with Gasteiger partial charge in [0.05, 0.1) is 21.6 Å². The van der Waals surface area contributed by atoms with Crippen LogP contribution in [0.2, 0.25) is 9.36 Å². The van der Waals surface area contributed by atoms with Crippen LogP contribution < -0.4 is 10.2 Å². The number of halogens is 2. The van der Waals surface area contributed by atoms with E-state index in [9.17, 15) is 4.79 Å². The number of nitrogens with one attached hydrogen (secondary N) is 1. The number of carbonyl (C=O) groups excluding carboxylic acids is 1. The normalized spacial score (nSPS) is 14.4. The Morgan fingerprint density at radius 3 is 2.65 bits per heavy atom. The van der Waals surface area contributed by atoms with Gasteiger partial charge in [0.1, 0.15) is 0 Å². The van der Waals surface area contributed by atoms with Crippen molar-refractivity contribution in [2.75, 3.05) is 17.3 Å². The molecule has 3 rings (SSSR count). The van der Waals surface area contributed by atoms with Gasteiger partial charge in [-0.2, -0.15) is 0 Å². The summed E-state index contributed by atoms with van der Waals surface area (Å²) in [7, 11) is 2.01. The van der Waals surface area contributed by atoms with Gasteiger partial charge in [-0.15, -0.1) is 11.3 Å². The highest BCUT2D eigenvalue weighted by Gasteiger charge is 2.25. The number of thiophene rings is 1. The maximum Gasteiger partial charge on any atom is 0.227 e. The molecule has 6 heteroatoms. The monoisotopic (exact) mass is 368 g/mol. The second kappa shape index (κ2) is 7.12. The molecule has 23 heavy (non-hydrogen) atoms. The third-order valence-corrected chi connectivity index (χ3v) is 5.68. The molecule has 0 radical (unpaired) electrons. The molecule has 0 aliphatic heterocycles. The van der Waals surface area contributed by atoms with Crippen molar-refractivity contribution in [3.8, 4) is 0 Å². The minimum Gasteiger partial charge on any atom is -0.369 e. The second-order valence-electron chi connectivity index (χ2n) is 5.84. The van der Waals surface area contributed by atoms with Gasteiger partial charge in [-0.1, -0.05) is 29.6 Å². The van der Waals surface area contributed by atoms with Crippen LogP contribution in [0.25, 0.3) is 0 Å². The number of hydrogen-bond acceptors (Lipinski definition) is 3. The molecule has 0 atom stereocenters. The van der Waals surface area contributed by atoms with Crippen LogP contribution in [-0.4, -0.2) is 13.0 Å². The molecule has 3 nitrogen and oxygen atoms in total. The van der Waals surface area contributed by atoms with Gasteiger partial charge < -0.3 is 10.2 Å². The first-order chi connectivity index (χ1) is 11.0. The van der Waals surface area contributed by atoms with Crippen LogP contribution in [0.15, 0.2) is 30.3 Å². The predicted molar refractivity (Wildman–Crippen MR) is 98.9 cm³/mol. The molecule has 1 amide bonds. The largest absolute Gasteiger partial charge is 0.369 e. The average molecular weight is 369 g/mol. The minimum atomic E-state index is 0.0764. The Bertz CT molecular complexity index is 712. The maximum atomic E-state index is 12.0. The van der Waals surface area contributed by atoms with Crippen molar-refractivity contribution in [1.29, 1.82) is 0 Å². The lowest BCUT2D eigenvalue weighted by molar-refractivity contribution is -0.122. The molecule has 0 spiro atoms. The summed E-state index contributed by atoms with van der Waals surface area (Å²) >= 11 is 13.9. The van der Waals surface area contributed by atoms with Crippen molar-refractivity contribution < 1.29 is 4.79 Å². The van der Waals surface area contributed by atoms with Gasteiger partial charge in [-0.3, -0.25) is 4.79 Å². The van der Waals surface area contributed by atoms with E-state index in [0.717, 1.165) is 35.8 Å². The number of hydrogen-bond donors (Lipinski definition) is 1. The topological polar surface area (TPSA) is 32.3 Å². The number of nitrogens with zero attached hydrogens (tertiary/aromatic N) is 1. The number of carbonyl (C=O) groups is 1. The summed E-state index contributed by atoms with van der Waals surface area (Å²) in [5.74, 6) is 0.226. The average Bonchev–Trinajstić information content (AvgIpc) is 2.84. The minimum absolute atomic E-state index is 0.0764. The molecule has 1 aliphatic rings. The van der Waals surface area contributed by atoms with E-state index in [-0.39, 0.29) is 11.8 Å². The Hall–Kier alpha value is -1.23. The Morgan fingerprint density at radius 1 is 1.30 bits per heavy atom. The summed E-state index contributed by atoms with van der Waals surface area (Å²) in [6.07, 6.45) is 3.10. The highest BCUT2D eigenvalue weighted by atomic mass is 35.5. The highest BCUT2D eigenvalue weighted by molar-refractivity contribution is 7.16. The van der Waals surface area contributed by atoms with Crippen molar-refractivity contribution >= 4 is 51.8 Å². The van der Waals surface area contributed by atoms with Crippen molar-refractivity contribution in [3.05, 3.63) is 44.6 Å². The van der Waals surface area contributed by atoms with Crippen molar-refractivity contribution in [2.45, 2.75) is 25.8 Å². The van der Waals surface area contributed by atoms with E-state index < -0.39 is 0 Å². The first kappa shape index (κ1) is 16.6. The van der Waals surface area contributed by atoms with E-state index in [1.165, 1.54) is 4.88 Å². The van der Waals surface area contributed by atoms with Crippen LogP contribution in [0.5, 0.6) is 0 Å². The van der Waals surface area contributed by atoms with E-state index in [0.29, 0.717) is 10.7 Å². The van der Waals surface area contributed by atoms with Crippen LogP contribution in [0.1, 0.15) is 24.1 Å². The van der Waals surface area contributed by atoms with E-state index >= 15 is 0 Å². The molecule has 1 aromatic carbocycles. The third-order valence-electron chi connectivity index (χ3n) is 4.15. The molecule has 2 aromatic rings. The molecule has 1 saturated carbocycles. The van der Waals surface area contributed by atoms with Crippen molar-refractivity contribution in [2.24, 2.45) is 5.92 Å². The molecule has 1 heterocycles. The lowest BCUT2D eigenvalue weighted by Crippen LogP contribution is -2.28. The second-order valence-corrected chi connectivity index (χ2v) is 8.05. The molecular weight excluding hydrogens is 351 g/mol. The number of amides is 1. The summed E-state index contributed by atoms with van der Waals surface area (Å²) < 4.78 is 0.792. The van der Waals surface area contributed by atoms with Crippen LogP contribution in [0.3, 0.4) is 0 Å². The molecule has 0 unspecified atom stereocenters. The molecule has 1 N–H and O–H groups in total. The lowest BCUT2D eigenvalue weighted by atomic mass is 9.85. The molecule has 0 bridgehead atoms. The van der Waals surface area contributed by atoms with Gasteiger partial charge in [0, 0.05) is 23.5 Å². The van der Waals surface area contributed by atoms with E-state index in [1.54, 1.807) is 11.3 Å². The van der Waals surface area contributed by atoms with Crippen LogP contribution in [0.4, 0.5) is 11.4 Å². The van der Waals surface area contributed by atoms with Gasteiger partial charge in [0.25, 0.3) is 0 Å². The van der Waals surface area contributed by atoms with Crippen LogP contribution in [-0.2, 0) is 11.3 Å². The third kappa shape index (κ3) is 4.00. The van der Waals surface area contributed by atoms with E-state index in [1.807, 2.05) is 37.4 Å². The van der Waals surface area contributed by atoms with Gasteiger partial charge in [-0.05, 0) is 43.2 Å². The van der Waals surface area contributed by atoms with Gasteiger partial charge >= 0.3 is 0 Å². The van der Waals surface area contributed by atoms with E-state index in [4.69, 9.17) is 23.2 Å². The summed E-state index contributed by atoms with van der Waals surface area (Å²) in [6.45, 7) is 0.765. The van der Waals surface area contributed by atoms with Crippen molar-refractivity contribution in [3.63, 3.8) is 0 Å². The summed E-state index contributed by atoms with van der Waals surface area (Å²) in [4.78, 5) is 15.3. The van der Waals surface area contributed by atoms with Crippen LogP contribution in [0, 0.1) is 5.92 Å². The summed E-state index contributed by atoms with van der Waals surface area (Å²) in [6, 6.07) is 9.65. The van der Waals surface area contributed by atoms with Crippen LogP contribution >= 0.6 is 34.5 Å². The Morgan fingerprint density at radius 2 is 2.09 bits per heavy atom. The van der Waals surface area contributed by atoms with Gasteiger partial charge in [0.15, 0.2) is 0 Å². The SMILES string of the molecule is CN(Cc1ccc(Cl)s1)c1ccc(NC(=O)C2CCC2)c(Cl)c1. The molecule has 1 fully saturated rings. The zero-order valence-electron chi connectivity index (χ0n) is 12.8. The standard InChI is InChI=1S/C17H18Cl2N2OS/c1-21(10-13-6-8-16(19)23-13)12-5-7-15(14(18)9-12)20-17(22)11-3-2-4-11/h5-9,11H,2-4,10H2,1H3,(H,20,22). The number of anilines is 2. The number of benzene rings is 1. The molecular formula is C17H18Cl2N2OS. The fraction of sp³-hybridized carbons (Fsp3) is 0.353.